The van der Waals surface area contributed by atoms with E-state index in [4.69, 9.17) is 13.3 Å². The third-order valence-electron chi connectivity index (χ3n) is 0.143. The highest BCUT2D eigenvalue weighted by molar-refractivity contribution is 7.73. The Balaban J connectivity index is 0. The van der Waals surface area contributed by atoms with Gasteiger partial charge in [0, 0.05) is 0 Å². The summed E-state index contributed by atoms with van der Waals surface area (Å²) in [4.78, 5) is 0. The molecule has 0 radical (unpaired) electrons. The van der Waals surface area contributed by atoms with Crippen LogP contribution in [0.4, 0.5) is 17.6 Å². The van der Waals surface area contributed by atoms with Crippen molar-refractivity contribution in [1.29, 1.82) is 0 Å². The normalized spacial score (nSPS) is 11.0. The molecule has 62 valence electrons. The van der Waals surface area contributed by atoms with E-state index in [1.165, 1.54) is 0 Å². The molecule has 0 amide bonds. The first kappa shape index (κ1) is 12.2. The van der Waals surface area contributed by atoms with Crippen molar-refractivity contribution in [2.24, 2.45) is 0 Å². The fourth-order valence-electron chi connectivity index (χ4n) is 0. The number of halogens is 4. The van der Waals surface area contributed by atoms with E-state index >= 15 is 0 Å². The van der Waals surface area contributed by atoms with E-state index in [-0.39, 0.29) is 0 Å². The monoisotopic (exact) mass is 181 g/mol. The molecule has 0 aliphatic rings. The molecule has 0 saturated heterocycles. The van der Waals surface area contributed by atoms with Gasteiger partial charge in [-0.15, -0.1) is 0 Å². The van der Waals surface area contributed by atoms with Crippen molar-refractivity contribution < 1.29 is 30.9 Å². The summed E-state index contributed by atoms with van der Waals surface area (Å²) in [5.41, 5.74) is 0. The van der Waals surface area contributed by atoms with Gasteiger partial charge in [-0.3, -0.25) is 0 Å². The third-order valence-corrected chi connectivity index (χ3v) is 0.143. The van der Waals surface area contributed by atoms with E-state index in [2.05, 4.69) is 0 Å². The van der Waals surface area contributed by atoms with Gasteiger partial charge in [0.25, 0.3) is 0 Å². The van der Waals surface area contributed by atoms with Gasteiger partial charge in [0.1, 0.15) is 0 Å². The standard InChI is InChI=1S/C2F4.H2O3S/c3-1(4)2(5)6;1-4(2)3/h;(H2,1,2,3)/p-1. The maximum atomic E-state index is 10.3. The van der Waals surface area contributed by atoms with Crippen LogP contribution in [0, 0.1) is 0 Å². The molecule has 0 fully saturated rings. The summed E-state index contributed by atoms with van der Waals surface area (Å²) in [6.07, 6.45) is -5.81. The van der Waals surface area contributed by atoms with Gasteiger partial charge in [-0.25, -0.2) is 4.21 Å². The van der Waals surface area contributed by atoms with Gasteiger partial charge in [0.15, 0.2) is 0 Å². The summed E-state index contributed by atoms with van der Waals surface area (Å²) in [5.74, 6) is 0. The molecule has 0 aliphatic heterocycles. The van der Waals surface area contributed by atoms with Crippen molar-refractivity contribution in [3.63, 3.8) is 0 Å². The molecule has 0 aromatic heterocycles. The Bertz CT molecular complexity index is 123. The summed E-state index contributed by atoms with van der Waals surface area (Å²) in [6.45, 7) is 0. The van der Waals surface area contributed by atoms with Gasteiger partial charge >= 0.3 is 12.2 Å². The molecule has 1 unspecified atom stereocenters. The minimum Gasteiger partial charge on any atom is -0.750 e. The maximum absolute atomic E-state index is 10.3. The zero-order valence-corrected chi connectivity index (χ0v) is 5.00. The quantitative estimate of drug-likeness (QED) is 0.453. The number of hydrogen-bond acceptors (Lipinski definition) is 2. The molecule has 10 heavy (non-hydrogen) atoms. The first-order valence-corrected chi connectivity index (χ1v) is 2.55. The Kier molecular flexibility index (Phi) is 8.13. The predicted octanol–water partition coefficient (Wildman–Crippen LogP) is 1.33. The van der Waals surface area contributed by atoms with Gasteiger partial charge in [0.2, 0.25) is 0 Å². The van der Waals surface area contributed by atoms with E-state index < -0.39 is 23.5 Å². The Morgan fingerprint density at radius 1 is 1.20 bits per heavy atom. The van der Waals surface area contributed by atoms with E-state index in [1.54, 1.807) is 0 Å². The second kappa shape index (κ2) is 6.65. The highest BCUT2D eigenvalue weighted by atomic mass is 32.2. The van der Waals surface area contributed by atoms with Crippen LogP contribution in [0.2, 0.25) is 0 Å². The lowest BCUT2D eigenvalue weighted by Crippen LogP contribution is -1.75. The van der Waals surface area contributed by atoms with Gasteiger partial charge in [0.05, 0.1) is 11.4 Å². The molecular weight excluding hydrogens is 180 g/mol. The van der Waals surface area contributed by atoms with Crippen LogP contribution in [0.3, 0.4) is 0 Å². The highest BCUT2D eigenvalue weighted by Gasteiger charge is 1.98. The third kappa shape index (κ3) is 25.8. The molecule has 0 bridgehead atoms. The van der Waals surface area contributed by atoms with Crippen LogP contribution in [0.25, 0.3) is 0 Å². The lowest BCUT2D eigenvalue weighted by atomic mass is 11.1. The SMILES string of the molecule is FC(F)=C(F)F.O=S([O-])O. The predicted molar refractivity (Wildman–Crippen MR) is 23.0 cm³/mol. The lowest BCUT2D eigenvalue weighted by Gasteiger charge is -1.83. The Hall–Kier alpha value is -0.470. The first-order valence-electron chi connectivity index (χ1n) is 1.52. The Morgan fingerprint density at radius 3 is 1.30 bits per heavy atom. The second-order valence-electron chi connectivity index (χ2n) is 0.738. The van der Waals surface area contributed by atoms with Crippen molar-refractivity contribution in [3.8, 4) is 0 Å². The topological polar surface area (TPSA) is 60.4 Å². The molecule has 0 spiro atoms. The van der Waals surface area contributed by atoms with Crippen LogP contribution < -0.4 is 0 Å². The summed E-state index contributed by atoms with van der Waals surface area (Å²) in [6, 6.07) is 0. The lowest BCUT2D eigenvalue weighted by molar-refractivity contribution is 0.308. The number of hydrogen-bond donors (Lipinski definition) is 1. The molecule has 3 nitrogen and oxygen atoms in total. The molecule has 0 aliphatic carbocycles. The first-order chi connectivity index (χ1) is 4.37. The molecule has 0 saturated carbocycles. The molecule has 0 rings (SSSR count). The fourth-order valence-corrected chi connectivity index (χ4v) is 0. The fraction of sp³-hybridized carbons (Fsp3) is 0. The number of rotatable bonds is 0. The smallest absolute Gasteiger partial charge is 0.334 e. The van der Waals surface area contributed by atoms with Crippen molar-refractivity contribution in [2.75, 3.05) is 0 Å². The van der Waals surface area contributed by atoms with Gasteiger partial charge in [-0.2, -0.15) is 17.6 Å². The molecule has 0 heterocycles. The van der Waals surface area contributed by atoms with E-state index in [0.717, 1.165) is 0 Å². The zero-order valence-electron chi connectivity index (χ0n) is 4.18. The van der Waals surface area contributed by atoms with Crippen molar-refractivity contribution >= 4 is 11.4 Å². The van der Waals surface area contributed by atoms with Gasteiger partial charge in [-0.05, 0) is 0 Å². The van der Waals surface area contributed by atoms with Crippen LogP contribution in [-0.4, -0.2) is 13.3 Å². The average molecular weight is 181 g/mol. The molecule has 1 N–H and O–H groups in total. The van der Waals surface area contributed by atoms with Crippen molar-refractivity contribution in [2.45, 2.75) is 0 Å². The van der Waals surface area contributed by atoms with E-state index in [0.29, 0.717) is 0 Å². The van der Waals surface area contributed by atoms with E-state index in [1.807, 2.05) is 0 Å². The van der Waals surface area contributed by atoms with Crippen molar-refractivity contribution in [1.82, 2.24) is 0 Å². The van der Waals surface area contributed by atoms with Gasteiger partial charge < -0.3 is 9.11 Å². The molecular formula is C2HF4O3S-. The van der Waals surface area contributed by atoms with Crippen LogP contribution in [-0.2, 0) is 11.4 Å². The van der Waals surface area contributed by atoms with Crippen LogP contribution in [0.5, 0.6) is 0 Å². The largest absolute Gasteiger partial charge is 0.750 e. The summed E-state index contributed by atoms with van der Waals surface area (Å²) >= 11 is -2.86. The minimum absolute atomic E-state index is 2.86. The van der Waals surface area contributed by atoms with Crippen LogP contribution in [0.15, 0.2) is 12.2 Å². The Morgan fingerprint density at radius 2 is 1.30 bits per heavy atom. The summed E-state index contributed by atoms with van der Waals surface area (Å²) in [7, 11) is 0. The van der Waals surface area contributed by atoms with E-state index in [9.17, 15) is 17.6 Å². The van der Waals surface area contributed by atoms with Gasteiger partial charge in [-0.1, -0.05) is 0 Å². The molecule has 0 aromatic rings. The van der Waals surface area contributed by atoms with Crippen LogP contribution in [0.1, 0.15) is 0 Å². The highest BCUT2D eigenvalue weighted by Crippen LogP contribution is 2.08. The molecule has 1 atom stereocenters. The molecule has 0 aromatic carbocycles. The summed E-state index contributed by atoms with van der Waals surface area (Å²) in [5, 5.41) is 0. The zero-order chi connectivity index (χ0) is 8.73. The summed E-state index contributed by atoms with van der Waals surface area (Å²) < 4.78 is 65.2. The minimum atomic E-state index is -2.91. The Labute approximate surface area is 55.5 Å². The maximum Gasteiger partial charge on any atom is 0.334 e. The molecule has 8 heteroatoms. The van der Waals surface area contributed by atoms with Crippen molar-refractivity contribution in [3.05, 3.63) is 12.2 Å². The second-order valence-corrected chi connectivity index (χ2v) is 1.17. The average Bonchev–Trinajstić information content (AvgIpc) is 1.63. The van der Waals surface area contributed by atoms with Crippen LogP contribution >= 0.6 is 0 Å².